The number of ketones is 1. The average Bonchev–Trinajstić information content (AvgIpc) is 2.75. The maximum atomic E-state index is 10.9. The second-order valence-electron chi connectivity index (χ2n) is 7.91. The quantitative estimate of drug-likeness (QED) is 0.210. The number of aromatic nitrogens is 1. The number of hydrogen-bond donors (Lipinski definition) is 1. The van der Waals surface area contributed by atoms with Crippen LogP contribution in [0.15, 0.2) is 72.6 Å². The lowest BCUT2D eigenvalue weighted by Crippen LogP contribution is -1.92. The third-order valence-electron chi connectivity index (χ3n) is 5.44. The van der Waals surface area contributed by atoms with Crippen LogP contribution in [0.25, 0.3) is 22.0 Å². The van der Waals surface area contributed by atoms with Crippen molar-refractivity contribution < 1.29 is 9.90 Å². The standard InChI is InChI=1S/C27H31NO2/c1-21(29)20-24(30)16-10-5-3-2-4-7-12-22-15-11-17-26-25(22)18-19-28-27(26)23-13-8-6-9-14-23/h6,8-9,11,13-15,17-20,30H,2-5,7,10,12,16H2,1H3. The molecule has 0 saturated carbocycles. The summed E-state index contributed by atoms with van der Waals surface area (Å²) >= 11 is 0. The van der Waals surface area contributed by atoms with Crippen molar-refractivity contribution in [3.05, 3.63) is 78.2 Å². The maximum Gasteiger partial charge on any atom is 0.155 e. The Morgan fingerprint density at radius 3 is 2.37 bits per heavy atom. The SMILES string of the molecule is CC(=O)C=C(O)CCCCCCCCc1cccc2c(-c3ccccc3)nccc12. The third kappa shape index (κ3) is 6.28. The van der Waals surface area contributed by atoms with E-state index in [4.69, 9.17) is 0 Å². The molecule has 0 bridgehead atoms. The molecule has 0 radical (unpaired) electrons. The van der Waals surface area contributed by atoms with Crippen LogP contribution in [0.3, 0.4) is 0 Å². The molecule has 0 aliphatic rings. The van der Waals surface area contributed by atoms with Crippen LogP contribution in [-0.4, -0.2) is 15.9 Å². The number of nitrogens with zero attached hydrogens (tertiary/aromatic N) is 1. The molecule has 0 spiro atoms. The van der Waals surface area contributed by atoms with E-state index in [9.17, 15) is 9.90 Å². The minimum atomic E-state index is -0.0902. The molecule has 0 unspecified atom stereocenters. The summed E-state index contributed by atoms with van der Waals surface area (Å²) in [6.07, 6.45) is 11.7. The van der Waals surface area contributed by atoms with Crippen LogP contribution in [-0.2, 0) is 11.2 Å². The second-order valence-corrected chi connectivity index (χ2v) is 7.91. The minimum absolute atomic E-state index is 0.0902. The predicted octanol–water partition coefficient (Wildman–Crippen LogP) is 7.21. The highest BCUT2D eigenvalue weighted by Crippen LogP contribution is 2.29. The van der Waals surface area contributed by atoms with Crippen LogP contribution in [0.4, 0.5) is 0 Å². The maximum absolute atomic E-state index is 10.9. The summed E-state index contributed by atoms with van der Waals surface area (Å²) < 4.78 is 0. The summed E-state index contributed by atoms with van der Waals surface area (Å²) in [6, 6.07) is 19.1. The lowest BCUT2D eigenvalue weighted by Gasteiger charge is -2.10. The van der Waals surface area contributed by atoms with Gasteiger partial charge in [0.25, 0.3) is 0 Å². The molecule has 0 atom stereocenters. The molecular formula is C27H31NO2. The van der Waals surface area contributed by atoms with Crippen molar-refractivity contribution in [2.24, 2.45) is 0 Å². The van der Waals surface area contributed by atoms with Gasteiger partial charge in [-0.1, -0.05) is 74.2 Å². The van der Waals surface area contributed by atoms with Crippen molar-refractivity contribution in [2.45, 2.75) is 58.3 Å². The molecule has 0 fully saturated rings. The zero-order valence-electron chi connectivity index (χ0n) is 17.8. The third-order valence-corrected chi connectivity index (χ3v) is 5.44. The number of allylic oxidation sites excluding steroid dienone is 2. The van der Waals surface area contributed by atoms with Gasteiger partial charge in [-0.3, -0.25) is 9.78 Å². The minimum Gasteiger partial charge on any atom is -0.512 e. The van der Waals surface area contributed by atoms with Crippen LogP contribution in [0.5, 0.6) is 0 Å². The van der Waals surface area contributed by atoms with Crippen molar-refractivity contribution in [3.8, 4) is 11.3 Å². The molecule has 0 aliphatic heterocycles. The number of fused-ring (bicyclic) bond motifs is 1. The number of hydrogen-bond acceptors (Lipinski definition) is 3. The Labute approximate surface area is 179 Å². The van der Waals surface area contributed by atoms with E-state index in [1.54, 1.807) is 0 Å². The number of carbonyl (C=O) groups excluding carboxylic acids is 1. The van der Waals surface area contributed by atoms with E-state index in [-0.39, 0.29) is 11.5 Å². The molecule has 3 heteroatoms. The van der Waals surface area contributed by atoms with E-state index in [0.717, 1.165) is 30.5 Å². The Morgan fingerprint density at radius 1 is 0.867 bits per heavy atom. The second kappa shape index (κ2) is 11.3. The number of rotatable bonds is 11. The molecule has 3 aromatic rings. The molecule has 30 heavy (non-hydrogen) atoms. The van der Waals surface area contributed by atoms with Crippen LogP contribution in [0, 0.1) is 0 Å². The number of aryl methyl sites for hydroxylation is 1. The first-order chi connectivity index (χ1) is 14.6. The molecule has 1 aromatic heterocycles. The molecule has 0 saturated heterocycles. The van der Waals surface area contributed by atoms with Crippen LogP contribution in [0.2, 0.25) is 0 Å². The summed E-state index contributed by atoms with van der Waals surface area (Å²) in [4.78, 5) is 15.6. The first kappa shape index (κ1) is 21.8. The van der Waals surface area contributed by atoms with Gasteiger partial charge in [0.15, 0.2) is 5.78 Å². The molecule has 3 nitrogen and oxygen atoms in total. The van der Waals surface area contributed by atoms with Gasteiger partial charge >= 0.3 is 0 Å². The number of benzene rings is 2. The summed E-state index contributed by atoms with van der Waals surface area (Å²) in [5.74, 6) is 0.121. The molecule has 3 rings (SSSR count). The van der Waals surface area contributed by atoms with Gasteiger partial charge in [0, 0.05) is 29.6 Å². The van der Waals surface area contributed by atoms with E-state index in [0.29, 0.717) is 6.42 Å². The van der Waals surface area contributed by atoms with E-state index < -0.39 is 0 Å². The lowest BCUT2D eigenvalue weighted by atomic mass is 9.97. The van der Waals surface area contributed by atoms with Crippen molar-refractivity contribution >= 4 is 16.6 Å². The van der Waals surface area contributed by atoms with Gasteiger partial charge in [-0.15, -0.1) is 0 Å². The fourth-order valence-corrected chi connectivity index (χ4v) is 3.95. The lowest BCUT2D eigenvalue weighted by molar-refractivity contribution is -0.112. The van der Waals surface area contributed by atoms with Gasteiger partial charge < -0.3 is 5.11 Å². The number of carbonyl (C=O) groups is 1. The smallest absolute Gasteiger partial charge is 0.155 e. The highest BCUT2D eigenvalue weighted by atomic mass is 16.3. The summed E-state index contributed by atoms with van der Waals surface area (Å²) in [6.45, 7) is 1.46. The van der Waals surface area contributed by atoms with Gasteiger partial charge in [0.1, 0.15) is 0 Å². The van der Waals surface area contributed by atoms with Gasteiger partial charge in [-0.25, -0.2) is 0 Å². The first-order valence-electron chi connectivity index (χ1n) is 11.0. The van der Waals surface area contributed by atoms with E-state index in [1.165, 1.54) is 55.0 Å². The highest BCUT2D eigenvalue weighted by molar-refractivity contribution is 5.96. The van der Waals surface area contributed by atoms with Crippen LogP contribution >= 0.6 is 0 Å². The van der Waals surface area contributed by atoms with Gasteiger partial charge in [0.2, 0.25) is 0 Å². The Hall–Kier alpha value is -2.94. The van der Waals surface area contributed by atoms with Crippen LogP contribution in [0.1, 0.15) is 57.4 Å². The number of unbranched alkanes of at least 4 members (excludes halogenated alkanes) is 5. The normalized spacial score (nSPS) is 11.7. The van der Waals surface area contributed by atoms with Crippen molar-refractivity contribution in [1.82, 2.24) is 4.98 Å². The number of pyridine rings is 1. The van der Waals surface area contributed by atoms with Crippen LogP contribution < -0.4 is 0 Å². The number of aliphatic hydroxyl groups is 1. The summed E-state index contributed by atoms with van der Waals surface area (Å²) in [5, 5.41) is 12.1. The van der Waals surface area contributed by atoms with Gasteiger partial charge in [0.05, 0.1) is 11.5 Å². The Bertz CT molecular complexity index is 992. The molecule has 0 aliphatic carbocycles. The van der Waals surface area contributed by atoms with Crippen molar-refractivity contribution in [1.29, 1.82) is 0 Å². The first-order valence-corrected chi connectivity index (χ1v) is 11.0. The zero-order valence-corrected chi connectivity index (χ0v) is 17.8. The summed E-state index contributed by atoms with van der Waals surface area (Å²) in [7, 11) is 0. The van der Waals surface area contributed by atoms with E-state index in [2.05, 4.69) is 53.5 Å². The topological polar surface area (TPSA) is 50.2 Å². The molecule has 1 heterocycles. The molecule has 2 aromatic carbocycles. The number of aliphatic hydroxyl groups excluding tert-OH is 1. The monoisotopic (exact) mass is 401 g/mol. The Morgan fingerprint density at radius 2 is 1.60 bits per heavy atom. The summed E-state index contributed by atoms with van der Waals surface area (Å²) in [5.41, 5.74) is 3.60. The van der Waals surface area contributed by atoms with Gasteiger partial charge in [-0.2, -0.15) is 0 Å². The zero-order chi connectivity index (χ0) is 21.2. The predicted molar refractivity (Wildman–Crippen MR) is 125 cm³/mol. The molecule has 0 amide bonds. The van der Waals surface area contributed by atoms with Crippen molar-refractivity contribution in [3.63, 3.8) is 0 Å². The average molecular weight is 402 g/mol. The molecule has 156 valence electrons. The Balaban J connectivity index is 1.48. The Kier molecular flexibility index (Phi) is 8.20. The van der Waals surface area contributed by atoms with E-state index >= 15 is 0 Å². The molecule has 1 N–H and O–H groups in total. The fraction of sp³-hybridized carbons (Fsp3) is 0.333. The van der Waals surface area contributed by atoms with E-state index in [1.807, 2.05) is 12.3 Å². The van der Waals surface area contributed by atoms with Gasteiger partial charge in [-0.05, 0) is 43.2 Å². The molecular weight excluding hydrogens is 370 g/mol. The highest BCUT2D eigenvalue weighted by Gasteiger charge is 2.08. The van der Waals surface area contributed by atoms with Crippen molar-refractivity contribution in [2.75, 3.05) is 0 Å². The largest absolute Gasteiger partial charge is 0.512 e. The fourth-order valence-electron chi connectivity index (χ4n) is 3.95.